The fourth-order valence-corrected chi connectivity index (χ4v) is 8.50. The number of phenolic OH excluding ortho intramolecular Hbond substituents is 3. The monoisotopic (exact) mass is 714 g/mol. The Bertz CT molecular complexity index is 1950. The van der Waals surface area contributed by atoms with E-state index < -0.39 is 0 Å². The van der Waals surface area contributed by atoms with Crippen molar-refractivity contribution in [2.24, 2.45) is 25.0 Å². The van der Waals surface area contributed by atoms with Gasteiger partial charge in [-0.25, -0.2) is 0 Å². The number of hydrogen-bond donors (Lipinski definition) is 4. The fraction of sp³-hybridized carbons (Fsp3) is 0.477. The van der Waals surface area contributed by atoms with E-state index in [1.165, 1.54) is 0 Å². The molecule has 3 aromatic carbocycles. The zero-order chi connectivity index (χ0) is 36.9. The number of aryl methyl sites for hydroxylation is 3. The molecule has 0 amide bonds. The lowest BCUT2D eigenvalue weighted by Crippen LogP contribution is -2.35. The Morgan fingerprint density at radius 1 is 0.415 bits per heavy atom. The second-order valence-electron chi connectivity index (χ2n) is 15.7. The third kappa shape index (κ3) is 8.72. The second kappa shape index (κ2) is 16.5. The average molecular weight is 715 g/mol. The van der Waals surface area contributed by atoms with Gasteiger partial charge in [0.25, 0.3) is 0 Å². The normalized spacial score (nSPS) is 26.2. The molecule has 3 aliphatic carbocycles. The third-order valence-corrected chi connectivity index (χ3v) is 11.4. The van der Waals surface area contributed by atoms with Crippen LogP contribution in [-0.2, 0) is 0 Å². The molecule has 53 heavy (non-hydrogen) atoms. The fourth-order valence-electron chi connectivity index (χ4n) is 8.50. The Hall–Kier alpha value is -4.79. The summed E-state index contributed by atoms with van der Waals surface area (Å²) in [6, 6.07) is 11.7. The lowest BCUT2D eigenvalue weighted by molar-refractivity contribution is 0.389. The molecule has 6 atom stereocenters. The molecular formula is C44H54N6O3. The molecule has 0 aromatic heterocycles. The highest BCUT2D eigenvalue weighted by Crippen LogP contribution is 2.34. The van der Waals surface area contributed by atoms with Crippen LogP contribution in [0.3, 0.4) is 0 Å². The van der Waals surface area contributed by atoms with Gasteiger partial charge >= 0.3 is 0 Å². The quantitative estimate of drug-likeness (QED) is 0.174. The molecule has 0 spiro atoms. The standard InChI is InChI=1S/C44H54N6O3/c1-27-16-30-22-45-35-10-4-5-11-36(35)46-24-32-18-28(2)19-33(43(32)52)25-49-39-14-8-9-15-40(39)50-41-21-29(3)20-34(44(41)53)26-48-38-13-7-6-12-37(38)47-23-31(17-27)42(30)51/h16-26,35-40,50-53H,4-15H2,1-3H3. The van der Waals surface area contributed by atoms with Crippen molar-refractivity contribution in [2.45, 2.75) is 134 Å². The molecular weight excluding hydrogens is 661 g/mol. The van der Waals surface area contributed by atoms with Crippen LogP contribution in [0.1, 0.15) is 122 Å². The Kier molecular flexibility index (Phi) is 11.4. The summed E-state index contributed by atoms with van der Waals surface area (Å²) in [5, 5.41) is 38.0. The van der Waals surface area contributed by atoms with E-state index >= 15 is 0 Å². The van der Waals surface area contributed by atoms with E-state index in [1.807, 2.05) is 69.6 Å². The molecule has 0 radical (unpaired) electrons. The van der Waals surface area contributed by atoms with E-state index in [0.29, 0.717) is 33.5 Å². The van der Waals surface area contributed by atoms with E-state index in [9.17, 15) is 15.3 Å². The maximum absolute atomic E-state index is 11.5. The average Bonchev–Trinajstić information content (AvgIpc) is 3.15. The van der Waals surface area contributed by atoms with Gasteiger partial charge in [0.1, 0.15) is 17.2 Å². The van der Waals surface area contributed by atoms with Crippen molar-refractivity contribution in [3.05, 3.63) is 80.9 Å². The van der Waals surface area contributed by atoms with Crippen LogP contribution in [0.2, 0.25) is 0 Å². The molecule has 6 unspecified atom stereocenters. The van der Waals surface area contributed by atoms with E-state index in [-0.39, 0.29) is 53.5 Å². The number of rotatable bonds is 0. The van der Waals surface area contributed by atoms with Gasteiger partial charge in [0.15, 0.2) is 0 Å². The number of nitrogens with zero attached hydrogens (tertiary/aromatic N) is 5. The zero-order valence-electron chi connectivity index (χ0n) is 31.4. The van der Waals surface area contributed by atoms with E-state index in [2.05, 4.69) is 5.32 Å². The molecule has 9 nitrogen and oxygen atoms in total. The maximum Gasteiger partial charge on any atom is 0.147 e. The number of benzene rings is 3. The van der Waals surface area contributed by atoms with Crippen LogP contribution < -0.4 is 5.32 Å². The first-order valence-corrected chi connectivity index (χ1v) is 19.6. The molecule has 1 heterocycles. The molecule has 3 saturated carbocycles. The van der Waals surface area contributed by atoms with Crippen molar-refractivity contribution in [1.29, 1.82) is 0 Å². The zero-order valence-corrected chi connectivity index (χ0v) is 31.4. The van der Waals surface area contributed by atoms with E-state index in [4.69, 9.17) is 25.0 Å². The van der Waals surface area contributed by atoms with Crippen molar-refractivity contribution in [3.63, 3.8) is 0 Å². The van der Waals surface area contributed by atoms with Crippen molar-refractivity contribution in [1.82, 2.24) is 0 Å². The summed E-state index contributed by atoms with van der Waals surface area (Å²) >= 11 is 0. The minimum Gasteiger partial charge on any atom is -0.507 e. The van der Waals surface area contributed by atoms with Crippen molar-refractivity contribution in [2.75, 3.05) is 5.32 Å². The predicted octanol–water partition coefficient (Wildman–Crippen LogP) is 8.58. The summed E-state index contributed by atoms with van der Waals surface area (Å²) in [4.78, 5) is 25.1. The van der Waals surface area contributed by atoms with Crippen LogP contribution in [0.4, 0.5) is 5.69 Å². The summed E-state index contributed by atoms with van der Waals surface area (Å²) in [6.07, 6.45) is 21.0. The van der Waals surface area contributed by atoms with Crippen molar-refractivity contribution >= 4 is 36.8 Å². The van der Waals surface area contributed by atoms with Gasteiger partial charge in [-0.15, -0.1) is 0 Å². The van der Waals surface area contributed by atoms with E-state index in [1.54, 1.807) is 18.6 Å². The van der Waals surface area contributed by atoms with Gasteiger partial charge in [-0.1, -0.05) is 38.5 Å². The molecule has 7 rings (SSSR count). The van der Waals surface area contributed by atoms with Crippen LogP contribution in [0, 0.1) is 20.8 Å². The molecule has 1 aliphatic heterocycles. The summed E-state index contributed by atoms with van der Waals surface area (Å²) < 4.78 is 0. The van der Waals surface area contributed by atoms with Crippen molar-refractivity contribution < 1.29 is 15.3 Å². The van der Waals surface area contributed by atoms with Gasteiger partial charge in [0.05, 0.1) is 35.9 Å². The second-order valence-corrected chi connectivity index (χ2v) is 15.7. The first kappa shape index (κ1) is 36.6. The third-order valence-electron chi connectivity index (χ3n) is 11.4. The highest BCUT2D eigenvalue weighted by Gasteiger charge is 2.27. The molecule has 3 fully saturated rings. The summed E-state index contributed by atoms with van der Waals surface area (Å²) in [6.45, 7) is 6.08. The Morgan fingerprint density at radius 3 is 1.11 bits per heavy atom. The van der Waals surface area contributed by atoms with Crippen LogP contribution in [-0.4, -0.2) is 82.6 Å². The molecule has 6 bridgehead atoms. The number of aliphatic imine (C=N–C) groups is 5. The smallest absolute Gasteiger partial charge is 0.147 e. The number of fused-ring (bicyclic) bond motifs is 9. The van der Waals surface area contributed by atoms with Crippen LogP contribution in [0.15, 0.2) is 61.4 Å². The Labute approximate surface area is 313 Å². The topological polar surface area (TPSA) is 135 Å². The summed E-state index contributed by atoms with van der Waals surface area (Å²) in [5.74, 6) is 0.518. The lowest BCUT2D eigenvalue weighted by atomic mass is 9.90. The van der Waals surface area contributed by atoms with Crippen molar-refractivity contribution in [3.8, 4) is 17.2 Å². The minimum atomic E-state index is -0.0278. The maximum atomic E-state index is 11.5. The van der Waals surface area contributed by atoms with Crippen LogP contribution in [0.5, 0.6) is 17.2 Å². The summed E-state index contributed by atoms with van der Waals surface area (Å²) in [7, 11) is 0. The van der Waals surface area contributed by atoms with Crippen LogP contribution in [0.25, 0.3) is 0 Å². The first-order valence-electron chi connectivity index (χ1n) is 19.6. The minimum absolute atomic E-state index is 0.0131. The molecule has 4 N–H and O–H groups in total. The summed E-state index contributed by atoms with van der Waals surface area (Å²) in [5.41, 5.74) is 7.10. The first-order chi connectivity index (χ1) is 25.7. The predicted molar refractivity (Wildman–Crippen MR) is 218 cm³/mol. The van der Waals surface area contributed by atoms with Gasteiger partial charge in [-0.2, -0.15) is 0 Å². The number of aromatic hydroxyl groups is 3. The van der Waals surface area contributed by atoms with Gasteiger partial charge in [0.2, 0.25) is 0 Å². The molecule has 9 heteroatoms. The molecule has 3 aromatic rings. The highest BCUT2D eigenvalue weighted by molar-refractivity contribution is 5.94. The van der Waals surface area contributed by atoms with Gasteiger partial charge in [-0.05, 0) is 112 Å². The Balaban J connectivity index is 1.29. The molecule has 278 valence electrons. The van der Waals surface area contributed by atoms with Gasteiger partial charge in [0, 0.05) is 64.9 Å². The SMILES string of the molecule is Cc1cc2c(O)c(c1)C=NC1CCCCC1N=Cc1cc(C)cc(c1O)NC1CCCCC1N=Cc1cc(C)cc(c1O)C=NC1CCCCC1N=C2. The van der Waals surface area contributed by atoms with Crippen LogP contribution >= 0.6 is 0 Å². The van der Waals surface area contributed by atoms with E-state index in [0.717, 1.165) is 93.7 Å². The van der Waals surface area contributed by atoms with Gasteiger partial charge in [-0.3, -0.25) is 25.0 Å². The lowest BCUT2D eigenvalue weighted by Gasteiger charge is -2.31. The number of nitrogens with one attached hydrogen (secondary N) is 1. The molecule has 4 aliphatic rings. The molecule has 0 saturated heterocycles. The Morgan fingerprint density at radius 2 is 0.717 bits per heavy atom. The van der Waals surface area contributed by atoms with Gasteiger partial charge < -0.3 is 20.6 Å². The largest absolute Gasteiger partial charge is 0.507 e. The number of phenols is 3. The number of anilines is 1. The highest BCUT2D eigenvalue weighted by atomic mass is 16.3. The number of hydrogen-bond acceptors (Lipinski definition) is 9.